The summed E-state index contributed by atoms with van der Waals surface area (Å²) in [4.78, 5) is 0. The van der Waals surface area contributed by atoms with Crippen molar-refractivity contribution in [2.45, 2.75) is 38.0 Å². The Hall–Kier alpha value is -2.74. The Kier molecular flexibility index (Phi) is 3.80. The van der Waals surface area contributed by atoms with Crippen molar-refractivity contribution in [1.29, 1.82) is 0 Å². The van der Waals surface area contributed by atoms with E-state index >= 15 is 0 Å². The van der Waals surface area contributed by atoms with E-state index in [1.54, 1.807) is 18.2 Å². The van der Waals surface area contributed by atoms with E-state index < -0.39 is 0 Å². The monoisotopic (exact) mass is 344 g/mol. The average Bonchev–Trinajstić information content (AvgIpc) is 2.82. The molecule has 1 aliphatic carbocycles. The van der Waals surface area contributed by atoms with Gasteiger partial charge < -0.3 is 10.2 Å². The summed E-state index contributed by atoms with van der Waals surface area (Å²) in [6.07, 6.45) is 0. The van der Waals surface area contributed by atoms with Crippen LogP contribution in [0, 0.1) is 0 Å². The summed E-state index contributed by atoms with van der Waals surface area (Å²) in [5, 5.41) is 19.8. The van der Waals surface area contributed by atoms with Gasteiger partial charge in [-0.05, 0) is 57.7 Å². The molecule has 3 aromatic rings. The molecule has 0 amide bonds. The van der Waals surface area contributed by atoms with Gasteiger partial charge in [0.15, 0.2) is 0 Å². The molecule has 2 N–H and O–H groups in total. The molecule has 0 saturated heterocycles. The minimum absolute atomic E-state index is 0.00296. The van der Waals surface area contributed by atoms with Crippen molar-refractivity contribution >= 4 is 0 Å². The SMILES string of the molecule is CC1c2cc(-c3ccccc3O)ccc2C(C)(C)C1c1ccc(O)cc1. The van der Waals surface area contributed by atoms with Crippen molar-refractivity contribution in [3.63, 3.8) is 0 Å². The minimum Gasteiger partial charge on any atom is -0.508 e. The largest absolute Gasteiger partial charge is 0.508 e. The predicted molar refractivity (Wildman–Crippen MR) is 106 cm³/mol. The van der Waals surface area contributed by atoms with Crippen LogP contribution in [0.25, 0.3) is 11.1 Å². The van der Waals surface area contributed by atoms with Crippen LogP contribution in [0.15, 0.2) is 66.7 Å². The zero-order chi connectivity index (χ0) is 18.5. The fourth-order valence-corrected chi connectivity index (χ4v) is 4.77. The lowest BCUT2D eigenvalue weighted by Crippen LogP contribution is -2.23. The van der Waals surface area contributed by atoms with E-state index in [2.05, 4.69) is 39.0 Å². The molecule has 4 rings (SSSR count). The molecule has 0 spiro atoms. The highest BCUT2D eigenvalue weighted by Gasteiger charge is 2.44. The van der Waals surface area contributed by atoms with Crippen LogP contribution < -0.4 is 0 Å². The van der Waals surface area contributed by atoms with Crippen molar-refractivity contribution in [2.24, 2.45) is 0 Å². The lowest BCUT2D eigenvalue weighted by Gasteiger charge is -2.31. The number of fused-ring (bicyclic) bond motifs is 1. The number of benzene rings is 3. The maximum absolute atomic E-state index is 10.2. The Labute approximate surface area is 154 Å². The highest BCUT2D eigenvalue weighted by Crippen LogP contribution is 2.56. The second-order valence-electron chi connectivity index (χ2n) is 7.90. The van der Waals surface area contributed by atoms with Gasteiger partial charge in [0.1, 0.15) is 11.5 Å². The first-order valence-corrected chi connectivity index (χ1v) is 9.11. The molecule has 2 nitrogen and oxygen atoms in total. The molecule has 26 heavy (non-hydrogen) atoms. The van der Waals surface area contributed by atoms with Crippen molar-refractivity contribution in [1.82, 2.24) is 0 Å². The maximum atomic E-state index is 10.2. The number of hydrogen-bond acceptors (Lipinski definition) is 2. The second-order valence-corrected chi connectivity index (χ2v) is 7.90. The fraction of sp³-hybridized carbons (Fsp3) is 0.250. The highest BCUT2D eigenvalue weighted by atomic mass is 16.3. The van der Waals surface area contributed by atoms with Crippen LogP contribution in [0.4, 0.5) is 0 Å². The third kappa shape index (κ3) is 2.48. The number of rotatable bonds is 2. The molecule has 0 radical (unpaired) electrons. The zero-order valence-corrected chi connectivity index (χ0v) is 15.4. The van der Waals surface area contributed by atoms with E-state index in [1.165, 1.54) is 16.7 Å². The number of aromatic hydroxyl groups is 2. The topological polar surface area (TPSA) is 40.5 Å². The van der Waals surface area contributed by atoms with Gasteiger partial charge in [0.05, 0.1) is 0 Å². The first-order chi connectivity index (χ1) is 12.4. The van der Waals surface area contributed by atoms with Crippen LogP contribution in [0.3, 0.4) is 0 Å². The van der Waals surface area contributed by atoms with E-state index in [1.807, 2.05) is 30.3 Å². The molecule has 0 fully saturated rings. The Morgan fingerprint density at radius 1 is 0.846 bits per heavy atom. The standard InChI is InChI=1S/C24H24O2/c1-15-20-14-17(19-6-4-5-7-22(19)26)10-13-21(20)24(2,3)23(15)16-8-11-18(25)12-9-16/h4-15,23,25-26H,1-3H3. The van der Waals surface area contributed by atoms with Gasteiger partial charge in [0, 0.05) is 5.56 Å². The predicted octanol–water partition coefficient (Wildman–Crippen LogP) is 5.94. The minimum atomic E-state index is 0.00296. The second kappa shape index (κ2) is 5.91. The number of hydrogen-bond donors (Lipinski definition) is 2. The molecular weight excluding hydrogens is 320 g/mol. The van der Waals surface area contributed by atoms with Gasteiger partial charge in [-0.3, -0.25) is 0 Å². The summed E-state index contributed by atoms with van der Waals surface area (Å²) in [5.74, 6) is 1.32. The Morgan fingerprint density at radius 2 is 1.54 bits per heavy atom. The number of phenolic OH excluding ortho intramolecular Hbond substituents is 2. The summed E-state index contributed by atoms with van der Waals surface area (Å²) >= 11 is 0. The third-order valence-electron chi connectivity index (χ3n) is 5.98. The molecule has 132 valence electrons. The first kappa shape index (κ1) is 16.7. The Bertz CT molecular complexity index is 954. The average molecular weight is 344 g/mol. The van der Waals surface area contributed by atoms with Crippen molar-refractivity contribution in [2.75, 3.05) is 0 Å². The van der Waals surface area contributed by atoms with Gasteiger partial charge >= 0.3 is 0 Å². The summed E-state index contributed by atoms with van der Waals surface area (Å²) in [6.45, 7) is 6.87. The maximum Gasteiger partial charge on any atom is 0.123 e. The van der Waals surface area contributed by atoms with E-state index in [0.29, 0.717) is 23.3 Å². The van der Waals surface area contributed by atoms with Gasteiger partial charge in [0.2, 0.25) is 0 Å². The summed E-state index contributed by atoms with van der Waals surface area (Å²) < 4.78 is 0. The first-order valence-electron chi connectivity index (χ1n) is 9.11. The number of para-hydroxylation sites is 1. The quantitative estimate of drug-likeness (QED) is 0.603. The Morgan fingerprint density at radius 3 is 2.23 bits per heavy atom. The molecular formula is C24H24O2. The molecule has 2 atom stereocenters. The molecule has 2 heteroatoms. The molecule has 0 aliphatic heterocycles. The van der Waals surface area contributed by atoms with Crippen LogP contribution in [-0.2, 0) is 5.41 Å². The molecule has 0 aromatic heterocycles. The van der Waals surface area contributed by atoms with E-state index in [-0.39, 0.29) is 5.41 Å². The molecule has 3 aromatic carbocycles. The van der Waals surface area contributed by atoms with E-state index in [0.717, 1.165) is 11.1 Å². The molecule has 0 heterocycles. The molecule has 2 unspecified atom stereocenters. The van der Waals surface area contributed by atoms with Crippen LogP contribution in [-0.4, -0.2) is 10.2 Å². The summed E-state index contributed by atoms with van der Waals surface area (Å²) in [5.41, 5.74) is 5.88. The van der Waals surface area contributed by atoms with E-state index in [9.17, 15) is 10.2 Å². The lowest BCUT2D eigenvalue weighted by molar-refractivity contribution is 0.410. The van der Waals surface area contributed by atoms with Gasteiger partial charge in [-0.1, -0.05) is 69.3 Å². The Balaban J connectivity index is 1.82. The van der Waals surface area contributed by atoms with Gasteiger partial charge in [-0.25, -0.2) is 0 Å². The smallest absolute Gasteiger partial charge is 0.123 e. The molecule has 0 saturated carbocycles. The normalized spacial score (nSPS) is 20.7. The highest BCUT2D eigenvalue weighted by molar-refractivity contribution is 5.72. The van der Waals surface area contributed by atoms with Gasteiger partial charge in [-0.2, -0.15) is 0 Å². The van der Waals surface area contributed by atoms with Crippen LogP contribution >= 0.6 is 0 Å². The van der Waals surface area contributed by atoms with E-state index in [4.69, 9.17) is 0 Å². The molecule has 0 bridgehead atoms. The van der Waals surface area contributed by atoms with Crippen LogP contribution in [0.1, 0.15) is 49.3 Å². The zero-order valence-electron chi connectivity index (χ0n) is 15.4. The van der Waals surface area contributed by atoms with Crippen molar-refractivity contribution < 1.29 is 10.2 Å². The lowest BCUT2D eigenvalue weighted by atomic mass is 9.72. The summed E-state index contributed by atoms with van der Waals surface area (Å²) in [6, 6.07) is 21.7. The fourth-order valence-electron chi connectivity index (χ4n) is 4.77. The summed E-state index contributed by atoms with van der Waals surface area (Å²) in [7, 11) is 0. The van der Waals surface area contributed by atoms with Crippen molar-refractivity contribution in [3.05, 3.63) is 83.4 Å². The van der Waals surface area contributed by atoms with Gasteiger partial charge in [0.25, 0.3) is 0 Å². The van der Waals surface area contributed by atoms with Crippen LogP contribution in [0.5, 0.6) is 11.5 Å². The van der Waals surface area contributed by atoms with Crippen LogP contribution in [0.2, 0.25) is 0 Å². The molecule has 1 aliphatic rings. The number of phenols is 2. The van der Waals surface area contributed by atoms with Gasteiger partial charge in [-0.15, -0.1) is 0 Å². The van der Waals surface area contributed by atoms with Crippen molar-refractivity contribution in [3.8, 4) is 22.6 Å². The third-order valence-corrected chi connectivity index (χ3v) is 5.98.